The number of aryl methyl sites for hydroxylation is 2. The minimum Gasteiger partial charge on any atom is -0.481 e. The van der Waals surface area contributed by atoms with Gasteiger partial charge in [-0.1, -0.05) is 36.4 Å². The van der Waals surface area contributed by atoms with Gasteiger partial charge < -0.3 is 5.11 Å². The summed E-state index contributed by atoms with van der Waals surface area (Å²) < 4.78 is 0. The normalized spacial score (nSPS) is 10.3. The van der Waals surface area contributed by atoms with Crippen LogP contribution in [0.15, 0.2) is 42.5 Å². The predicted molar refractivity (Wildman–Crippen MR) is 77.1 cm³/mol. The number of carbonyl (C=O) groups is 2. The Morgan fingerprint density at radius 1 is 0.950 bits per heavy atom. The summed E-state index contributed by atoms with van der Waals surface area (Å²) in [5, 5.41) is 8.84. The zero-order valence-corrected chi connectivity index (χ0v) is 11.5. The molecule has 2 rings (SSSR count). The van der Waals surface area contributed by atoms with E-state index in [0.29, 0.717) is 16.7 Å². The number of carboxylic acids is 1. The molecule has 3 nitrogen and oxygen atoms in total. The number of carboxylic acid groups (broad SMARTS) is 1. The van der Waals surface area contributed by atoms with Crippen LogP contribution >= 0.6 is 0 Å². The first-order valence-electron chi connectivity index (χ1n) is 6.40. The van der Waals surface area contributed by atoms with E-state index in [9.17, 15) is 9.59 Å². The Balaban J connectivity index is 2.44. The highest BCUT2D eigenvalue weighted by Gasteiger charge is 2.14. The molecule has 0 spiro atoms. The molecule has 1 N–H and O–H groups in total. The van der Waals surface area contributed by atoms with E-state index in [4.69, 9.17) is 5.11 Å². The Bertz CT molecular complexity index is 672. The van der Waals surface area contributed by atoms with Gasteiger partial charge in [-0.15, -0.1) is 0 Å². The van der Waals surface area contributed by atoms with Crippen LogP contribution in [0.4, 0.5) is 0 Å². The quantitative estimate of drug-likeness (QED) is 0.866. The summed E-state index contributed by atoms with van der Waals surface area (Å²) in [4.78, 5) is 23.4. The summed E-state index contributed by atoms with van der Waals surface area (Å²) in [7, 11) is 0. The second kappa shape index (κ2) is 5.70. The van der Waals surface area contributed by atoms with Crippen molar-refractivity contribution in [1.82, 2.24) is 0 Å². The van der Waals surface area contributed by atoms with Gasteiger partial charge in [0.05, 0.1) is 6.42 Å². The van der Waals surface area contributed by atoms with Crippen LogP contribution in [0.2, 0.25) is 0 Å². The molecule has 0 aliphatic rings. The van der Waals surface area contributed by atoms with Crippen LogP contribution in [0.1, 0.15) is 32.6 Å². The lowest BCUT2D eigenvalue weighted by Gasteiger charge is -2.09. The Morgan fingerprint density at radius 2 is 1.60 bits per heavy atom. The fourth-order valence-electron chi connectivity index (χ4n) is 2.17. The molecule has 3 heteroatoms. The smallest absolute Gasteiger partial charge is 0.307 e. The highest BCUT2D eigenvalue weighted by atomic mass is 16.4. The Kier molecular flexibility index (Phi) is 3.99. The number of aliphatic carboxylic acids is 1. The number of hydrogen-bond donors (Lipinski definition) is 1. The van der Waals surface area contributed by atoms with Crippen LogP contribution < -0.4 is 0 Å². The lowest BCUT2D eigenvalue weighted by molar-refractivity contribution is -0.136. The van der Waals surface area contributed by atoms with Gasteiger partial charge in [-0.25, -0.2) is 0 Å². The van der Waals surface area contributed by atoms with Crippen molar-refractivity contribution in [3.8, 4) is 0 Å². The van der Waals surface area contributed by atoms with Crippen molar-refractivity contribution in [2.24, 2.45) is 0 Å². The van der Waals surface area contributed by atoms with Crippen LogP contribution in [0, 0.1) is 13.8 Å². The van der Waals surface area contributed by atoms with Gasteiger partial charge in [0.25, 0.3) is 0 Å². The molecule has 0 fully saturated rings. The Labute approximate surface area is 117 Å². The first-order valence-corrected chi connectivity index (χ1v) is 6.40. The van der Waals surface area contributed by atoms with Crippen LogP contribution in [0.25, 0.3) is 0 Å². The van der Waals surface area contributed by atoms with Crippen molar-refractivity contribution in [2.45, 2.75) is 20.3 Å². The van der Waals surface area contributed by atoms with E-state index in [1.807, 2.05) is 32.0 Å². The molecule has 0 aromatic heterocycles. The highest BCUT2D eigenvalue weighted by Crippen LogP contribution is 2.18. The maximum absolute atomic E-state index is 12.6. The molecule has 0 heterocycles. The number of benzene rings is 2. The van der Waals surface area contributed by atoms with E-state index in [2.05, 4.69) is 0 Å². The third-order valence-corrected chi connectivity index (χ3v) is 3.29. The molecule has 102 valence electrons. The molecule has 0 aliphatic carbocycles. The van der Waals surface area contributed by atoms with Crippen LogP contribution in [-0.2, 0) is 11.2 Å². The van der Waals surface area contributed by atoms with Crippen molar-refractivity contribution < 1.29 is 14.7 Å². The highest BCUT2D eigenvalue weighted by molar-refractivity contribution is 6.10. The zero-order chi connectivity index (χ0) is 14.7. The van der Waals surface area contributed by atoms with E-state index >= 15 is 0 Å². The summed E-state index contributed by atoms with van der Waals surface area (Å²) in [6, 6.07) is 12.6. The van der Waals surface area contributed by atoms with Gasteiger partial charge in [0.2, 0.25) is 0 Å². The molecular formula is C17H16O3. The van der Waals surface area contributed by atoms with Crippen molar-refractivity contribution in [3.63, 3.8) is 0 Å². The average molecular weight is 268 g/mol. The zero-order valence-electron chi connectivity index (χ0n) is 11.5. The van der Waals surface area contributed by atoms with Crippen molar-refractivity contribution in [3.05, 3.63) is 70.3 Å². The first-order chi connectivity index (χ1) is 9.49. The number of carbonyl (C=O) groups excluding carboxylic acids is 1. The maximum atomic E-state index is 12.6. The van der Waals surface area contributed by atoms with E-state index < -0.39 is 5.97 Å². The summed E-state index contributed by atoms with van der Waals surface area (Å²) in [6.07, 6.45) is -0.0751. The van der Waals surface area contributed by atoms with Crippen LogP contribution in [0.5, 0.6) is 0 Å². The molecule has 0 aliphatic heterocycles. The van der Waals surface area contributed by atoms with Crippen molar-refractivity contribution >= 4 is 11.8 Å². The van der Waals surface area contributed by atoms with E-state index in [1.54, 1.807) is 24.3 Å². The van der Waals surface area contributed by atoms with Crippen LogP contribution in [-0.4, -0.2) is 16.9 Å². The van der Waals surface area contributed by atoms with Crippen LogP contribution in [0.3, 0.4) is 0 Å². The number of ketones is 1. The maximum Gasteiger partial charge on any atom is 0.307 e. The molecule has 0 saturated carbocycles. The molecule has 0 atom stereocenters. The first kappa shape index (κ1) is 14.0. The molecule has 2 aromatic carbocycles. The fraction of sp³-hybridized carbons (Fsp3) is 0.176. The topological polar surface area (TPSA) is 54.4 Å². The van der Waals surface area contributed by atoms with Gasteiger partial charge in [-0.05, 0) is 36.6 Å². The molecule has 2 aromatic rings. The van der Waals surface area contributed by atoms with Gasteiger partial charge >= 0.3 is 5.97 Å². The van der Waals surface area contributed by atoms with Crippen molar-refractivity contribution in [1.29, 1.82) is 0 Å². The molecule has 0 bridgehead atoms. The minimum absolute atomic E-state index is 0.0622. The van der Waals surface area contributed by atoms with Crippen molar-refractivity contribution in [2.75, 3.05) is 0 Å². The van der Waals surface area contributed by atoms with E-state index in [-0.39, 0.29) is 12.2 Å². The fourth-order valence-corrected chi connectivity index (χ4v) is 2.17. The van der Waals surface area contributed by atoms with Gasteiger partial charge in [0.1, 0.15) is 0 Å². The Hall–Kier alpha value is -2.42. The van der Waals surface area contributed by atoms with E-state index in [0.717, 1.165) is 11.1 Å². The molecule has 0 saturated heterocycles. The minimum atomic E-state index is -0.900. The second-order valence-electron chi connectivity index (χ2n) is 4.86. The number of rotatable bonds is 4. The molecule has 20 heavy (non-hydrogen) atoms. The third kappa shape index (κ3) is 2.94. The second-order valence-corrected chi connectivity index (χ2v) is 4.86. The monoisotopic (exact) mass is 268 g/mol. The summed E-state index contributed by atoms with van der Waals surface area (Å²) >= 11 is 0. The third-order valence-electron chi connectivity index (χ3n) is 3.29. The molecule has 0 amide bonds. The molecule has 0 radical (unpaired) electrons. The molecular weight excluding hydrogens is 252 g/mol. The average Bonchev–Trinajstić information content (AvgIpc) is 2.40. The van der Waals surface area contributed by atoms with Gasteiger partial charge in [-0.2, -0.15) is 0 Å². The summed E-state index contributed by atoms with van der Waals surface area (Å²) in [6.45, 7) is 3.75. The largest absolute Gasteiger partial charge is 0.481 e. The predicted octanol–water partition coefficient (Wildman–Crippen LogP) is 3.16. The van der Waals surface area contributed by atoms with Gasteiger partial charge in [0.15, 0.2) is 5.78 Å². The summed E-state index contributed by atoms with van der Waals surface area (Å²) in [5.74, 6) is -0.962. The summed E-state index contributed by atoms with van der Waals surface area (Å²) in [5.41, 5.74) is 3.63. The van der Waals surface area contributed by atoms with Gasteiger partial charge in [0, 0.05) is 11.1 Å². The van der Waals surface area contributed by atoms with Gasteiger partial charge in [-0.3, -0.25) is 9.59 Å². The SMILES string of the molecule is Cc1ccccc1C(=O)c1cc(CC(=O)O)ccc1C. The molecule has 0 unspecified atom stereocenters. The lowest BCUT2D eigenvalue weighted by atomic mass is 9.94. The standard InChI is InChI=1S/C17H16O3/c1-11-5-3-4-6-14(11)17(20)15-9-13(10-16(18)19)8-7-12(15)2/h3-9H,10H2,1-2H3,(H,18,19). The Morgan fingerprint density at radius 3 is 2.25 bits per heavy atom. The lowest BCUT2D eigenvalue weighted by Crippen LogP contribution is -2.08. The van der Waals surface area contributed by atoms with E-state index in [1.165, 1.54) is 0 Å². The number of hydrogen-bond acceptors (Lipinski definition) is 2.